The molecule has 2 rings (SSSR count). The average Bonchev–Trinajstić information content (AvgIpc) is 2.54. The van der Waals surface area contributed by atoms with Crippen LogP contribution in [0.25, 0.3) is 0 Å². The Balaban J connectivity index is 2.16. The van der Waals surface area contributed by atoms with Crippen molar-refractivity contribution in [3.8, 4) is 0 Å². The number of aliphatic hydroxyl groups excluding tert-OH is 1. The summed E-state index contributed by atoms with van der Waals surface area (Å²) in [5, 5.41) is 10.7. The van der Waals surface area contributed by atoms with E-state index in [-0.39, 0.29) is 18.1 Å². The lowest BCUT2D eigenvalue weighted by Gasteiger charge is -2.42. The lowest BCUT2D eigenvalue weighted by atomic mass is 10.0. The van der Waals surface area contributed by atoms with Gasteiger partial charge in [0.2, 0.25) is 0 Å². The van der Waals surface area contributed by atoms with Gasteiger partial charge < -0.3 is 19.0 Å². The second-order valence-corrected chi connectivity index (χ2v) is 13.3. The molecule has 1 fully saturated rings. The fourth-order valence-corrected chi connectivity index (χ4v) is 3.78. The van der Waals surface area contributed by atoms with Crippen LogP contribution in [0.5, 0.6) is 0 Å². The van der Waals surface area contributed by atoms with E-state index in [0.29, 0.717) is 6.61 Å². The highest BCUT2D eigenvalue weighted by Gasteiger charge is 2.42. The van der Waals surface area contributed by atoms with Crippen molar-refractivity contribution in [1.29, 1.82) is 0 Å². The van der Waals surface area contributed by atoms with Crippen LogP contribution in [-0.4, -0.2) is 54.7 Å². The van der Waals surface area contributed by atoms with Gasteiger partial charge >= 0.3 is 5.69 Å². The van der Waals surface area contributed by atoms with Gasteiger partial charge in [-0.05, 0) is 25.1 Å². The van der Waals surface area contributed by atoms with E-state index in [0.717, 1.165) is 0 Å². The molecule has 1 aromatic rings. The van der Waals surface area contributed by atoms with Crippen LogP contribution in [0.1, 0.15) is 40.2 Å². The molecule has 4 atom stereocenters. The fraction of sp³-hybridized carbons (Fsp3) is 0.778. The predicted molar refractivity (Wildman–Crippen MR) is 104 cm³/mol. The minimum Gasteiger partial charge on any atom is -0.414 e. The third kappa shape index (κ3) is 5.17. The smallest absolute Gasteiger partial charge is 0.328 e. The van der Waals surface area contributed by atoms with Crippen molar-refractivity contribution >= 4 is 8.32 Å². The van der Waals surface area contributed by atoms with Gasteiger partial charge in [-0.1, -0.05) is 20.8 Å². The van der Waals surface area contributed by atoms with Crippen molar-refractivity contribution in [1.82, 2.24) is 9.55 Å². The van der Waals surface area contributed by atoms with Gasteiger partial charge in [0, 0.05) is 25.3 Å². The number of H-pyrrole nitrogens is 1. The van der Waals surface area contributed by atoms with Crippen molar-refractivity contribution in [2.45, 2.75) is 76.8 Å². The Kier molecular flexibility index (Phi) is 6.85. The first-order valence-corrected chi connectivity index (χ1v) is 12.3. The molecule has 0 bridgehead atoms. The molecule has 27 heavy (non-hydrogen) atoms. The average molecular weight is 401 g/mol. The number of nitrogens with zero attached hydrogens (tertiary/aromatic N) is 1. The monoisotopic (exact) mass is 400 g/mol. The standard InChI is InChI=1S/C18H32N2O6Si/c1-7-24-16-12(20-9-8-15(22)19-17(20)23)10-13(21)14(26-16)11-25-27(5,6)18(2,3)4/h8-9,12-14,16,21H,7,10-11H2,1-6H3,(H,19,22,23). The largest absolute Gasteiger partial charge is 0.414 e. The van der Waals surface area contributed by atoms with Gasteiger partial charge in [0.1, 0.15) is 6.10 Å². The summed E-state index contributed by atoms with van der Waals surface area (Å²) in [7, 11) is -1.98. The van der Waals surface area contributed by atoms with Crippen LogP contribution in [0.15, 0.2) is 21.9 Å². The molecule has 0 aliphatic carbocycles. The van der Waals surface area contributed by atoms with E-state index in [4.69, 9.17) is 13.9 Å². The summed E-state index contributed by atoms with van der Waals surface area (Å²) in [6.07, 6.45) is -0.390. The zero-order valence-electron chi connectivity index (χ0n) is 17.0. The van der Waals surface area contributed by atoms with Crippen LogP contribution in [-0.2, 0) is 13.9 Å². The van der Waals surface area contributed by atoms with Crippen LogP contribution in [0.3, 0.4) is 0 Å². The van der Waals surface area contributed by atoms with Crippen molar-refractivity contribution in [3.05, 3.63) is 33.1 Å². The number of aromatic nitrogens is 2. The fourth-order valence-electron chi connectivity index (χ4n) is 2.77. The molecule has 1 aromatic heterocycles. The lowest BCUT2D eigenvalue weighted by Crippen LogP contribution is -2.52. The Morgan fingerprint density at radius 3 is 2.59 bits per heavy atom. The van der Waals surface area contributed by atoms with Gasteiger partial charge in [0.15, 0.2) is 14.6 Å². The van der Waals surface area contributed by atoms with Gasteiger partial charge in [-0.25, -0.2) is 4.79 Å². The first kappa shape index (κ1) is 22.0. The van der Waals surface area contributed by atoms with Crippen LogP contribution in [0.4, 0.5) is 0 Å². The first-order valence-electron chi connectivity index (χ1n) is 9.37. The first-order chi connectivity index (χ1) is 12.5. The number of ether oxygens (including phenoxy) is 2. The van der Waals surface area contributed by atoms with E-state index in [2.05, 4.69) is 38.8 Å². The molecule has 8 nitrogen and oxygen atoms in total. The van der Waals surface area contributed by atoms with Crippen molar-refractivity contribution < 1.29 is 19.0 Å². The molecule has 0 spiro atoms. The molecule has 2 heterocycles. The van der Waals surface area contributed by atoms with Crippen LogP contribution < -0.4 is 11.2 Å². The second kappa shape index (κ2) is 8.40. The number of hydrogen-bond donors (Lipinski definition) is 2. The molecule has 2 N–H and O–H groups in total. The third-order valence-electron chi connectivity index (χ3n) is 5.49. The van der Waals surface area contributed by atoms with Gasteiger partial charge in [-0.15, -0.1) is 0 Å². The molecule has 1 aliphatic rings. The van der Waals surface area contributed by atoms with Crippen LogP contribution in [0.2, 0.25) is 18.1 Å². The molecule has 9 heteroatoms. The van der Waals surface area contributed by atoms with Gasteiger partial charge in [0.25, 0.3) is 5.56 Å². The number of nitrogens with one attached hydrogen (secondary N) is 1. The SMILES string of the molecule is CCOC1OC(CO[Si](C)(C)C(C)(C)C)C(O)CC1n1ccc(=O)[nH]c1=O. The maximum Gasteiger partial charge on any atom is 0.328 e. The molecular formula is C18H32N2O6Si. The summed E-state index contributed by atoms with van der Waals surface area (Å²) in [5.74, 6) is 0. The van der Waals surface area contributed by atoms with E-state index in [1.807, 2.05) is 6.92 Å². The van der Waals surface area contributed by atoms with Crippen LogP contribution in [0, 0.1) is 0 Å². The van der Waals surface area contributed by atoms with E-state index in [9.17, 15) is 14.7 Å². The summed E-state index contributed by atoms with van der Waals surface area (Å²) >= 11 is 0. The Labute approximate surface area is 160 Å². The number of aliphatic hydroxyl groups is 1. The minimum atomic E-state index is -1.98. The quantitative estimate of drug-likeness (QED) is 0.704. The maximum absolute atomic E-state index is 12.1. The molecule has 1 saturated heterocycles. The summed E-state index contributed by atoms with van der Waals surface area (Å²) < 4.78 is 19.2. The Bertz CT molecular complexity index is 738. The zero-order chi connectivity index (χ0) is 20.4. The van der Waals surface area contributed by atoms with Gasteiger partial charge in [0.05, 0.1) is 18.8 Å². The summed E-state index contributed by atoms with van der Waals surface area (Å²) in [4.78, 5) is 25.7. The van der Waals surface area contributed by atoms with Crippen molar-refractivity contribution in [2.75, 3.05) is 13.2 Å². The number of aromatic amines is 1. The normalized spacial score (nSPS) is 26.9. The highest BCUT2D eigenvalue weighted by atomic mass is 28.4. The summed E-state index contributed by atoms with van der Waals surface area (Å²) in [5.41, 5.74) is -1.02. The maximum atomic E-state index is 12.1. The molecule has 0 radical (unpaired) electrons. The van der Waals surface area contributed by atoms with Gasteiger partial charge in [-0.3, -0.25) is 14.3 Å². The van der Waals surface area contributed by atoms with Crippen LogP contribution >= 0.6 is 0 Å². The highest BCUT2D eigenvalue weighted by molar-refractivity contribution is 6.74. The highest BCUT2D eigenvalue weighted by Crippen LogP contribution is 2.37. The van der Waals surface area contributed by atoms with E-state index in [1.54, 1.807) is 0 Å². The van der Waals surface area contributed by atoms with E-state index >= 15 is 0 Å². The number of rotatable bonds is 6. The molecule has 1 aliphatic heterocycles. The third-order valence-corrected chi connectivity index (χ3v) is 9.99. The predicted octanol–water partition coefficient (Wildman–Crippen LogP) is 1.61. The van der Waals surface area contributed by atoms with E-state index < -0.39 is 44.1 Å². The second-order valence-electron chi connectivity index (χ2n) is 8.46. The Morgan fingerprint density at radius 1 is 1.37 bits per heavy atom. The molecular weight excluding hydrogens is 368 g/mol. The zero-order valence-corrected chi connectivity index (χ0v) is 18.0. The Morgan fingerprint density at radius 2 is 2.04 bits per heavy atom. The topological polar surface area (TPSA) is 103 Å². The lowest BCUT2D eigenvalue weighted by molar-refractivity contribution is -0.248. The van der Waals surface area contributed by atoms with E-state index in [1.165, 1.54) is 16.8 Å². The molecule has 154 valence electrons. The van der Waals surface area contributed by atoms with Crippen molar-refractivity contribution in [3.63, 3.8) is 0 Å². The van der Waals surface area contributed by atoms with Gasteiger partial charge in [-0.2, -0.15) is 0 Å². The molecule has 0 amide bonds. The molecule has 0 aromatic carbocycles. The molecule has 4 unspecified atom stereocenters. The summed E-state index contributed by atoms with van der Waals surface area (Å²) in [6, 6.07) is 0.733. The Hall–Kier alpha value is -1.26. The van der Waals surface area contributed by atoms with Crippen molar-refractivity contribution in [2.24, 2.45) is 0 Å². The summed E-state index contributed by atoms with van der Waals surface area (Å²) in [6.45, 7) is 13.2. The minimum absolute atomic E-state index is 0.0533. The number of hydrogen-bond acceptors (Lipinski definition) is 6. The molecule has 0 saturated carbocycles.